The third-order valence-corrected chi connectivity index (χ3v) is 3.12. The quantitative estimate of drug-likeness (QED) is 0.484. The third kappa shape index (κ3) is 2.86. The molecule has 0 spiro atoms. The third-order valence-electron chi connectivity index (χ3n) is 2.06. The number of carbonyl (C=O) groups excluding carboxylic acids is 1. The van der Waals surface area contributed by atoms with Crippen molar-refractivity contribution in [2.75, 3.05) is 5.73 Å². The number of amides is 1. The van der Waals surface area contributed by atoms with Gasteiger partial charge in [-0.3, -0.25) is 4.79 Å². The van der Waals surface area contributed by atoms with Gasteiger partial charge in [-0.1, -0.05) is 0 Å². The van der Waals surface area contributed by atoms with Gasteiger partial charge in [0.2, 0.25) is 0 Å². The predicted molar refractivity (Wildman–Crippen MR) is 53.1 cm³/mol. The first-order valence-corrected chi connectivity index (χ1v) is 6.04. The fraction of sp³-hybridized carbons (Fsp3) is 0.125. The Hall–Kier alpha value is -2.05. The summed E-state index contributed by atoms with van der Waals surface area (Å²) in [6.45, 7) is 0. The van der Waals surface area contributed by atoms with Crippen molar-refractivity contribution in [2.24, 2.45) is 0 Å². The maximum absolute atomic E-state index is 13.2. The molecule has 3 N–H and O–H groups in total. The van der Waals surface area contributed by atoms with Crippen LogP contribution in [0.15, 0.2) is 0 Å². The average Bonchev–Trinajstić information content (AvgIpc) is 2.32. The molecule has 0 aliphatic heterocycles. The maximum atomic E-state index is 13.2. The van der Waals surface area contributed by atoms with Crippen molar-refractivity contribution in [3.63, 3.8) is 0 Å². The Balaban J connectivity index is 3.41. The van der Waals surface area contributed by atoms with Crippen molar-refractivity contribution in [2.45, 2.75) is 5.51 Å². The van der Waals surface area contributed by atoms with Gasteiger partial charge in [-0.15, -0.1) is 0 Å². The second kappa shape index (κ2) is 5.05. The van der Waals surface area contributed by atoms with Crippen LogP contribution in [-0.2, 0) is 10.0 Å². The van der Waals surface area contributed by atoms with E-state index < -0.39 is 56.0 Å². The van der Waals surface area contributed by atoms with Crippen molar-refractivity contribution in [3.8, 4) is 0 Å². The van der Waals surface area contributed by atoms with E-state index in [2.05, 4.69) is 5.73 Å². The van der Waals surface area contributed by atoms with Gasteiger partial charge < -0.3 is 5.73 Å². The maximum Gasteiger partial charge on any atom is 0.516 e. The Morgan fingerprint density at radius 1 is 0.952 bits per heavy atom. The lowest BCUT2D eigenvalue weighted by Gasteiger charge is -2.11. The highest BCUT2D eigenvalue weighted by Crippen LogP contribution is 2.27. The first kappa shape index (κ1) is 17.0. The Labute approximate surface area is 111 Å². The van der Waals surface area contributed by atoms with Gasteiger partial charge in [0.15, 0.2) is 23.3 Å². The SMILES string of the molecule is Nc1c(F)c(F)c(C(=O)NS(=O)(=O)C(F)(F)F)c(F)c1F. The number of halogens is 7. The van der Waals surface area contributed by atoms with E-state index in [9.17, 15) is 43.9 Å². The van der Waals surface area contributed by atoms with Crippen molar-refractivity contribution in [1.29, 1.82) is 0 Å². The number of nitrogens with two attached hydrogens (primary N) is 1. The first-order chi connectivity index (χ1) is 9.31. The minimum Gasteiger partial charge on any atom is -0.394 e. The molecule has 118 valence electrons. The summed E-state index contributed by atoms with van der Waals surface area (Å²) in [4.78, 5) is 11.1. The summed E-state index contributed by atoms with van der Waals surface area (Å²) in [5.74, 6) is -12.0. The predicted octanol–water partition coefficient (Wildman–Crippen LogP) is 1.40. The van der Waals surface area contributed by atoms with Crippen molar-refractivity contribution >= 4 is 21.6 Å². The molecule has 0 bridgehead atoms. The molecular weight excluding hydrogens is 337 g/mol. The highest BCUT2D eigenvalue weighted by atomic mass is 32.2. The number of hydrogen-bond donors (Lipinski definition) is 2. The van der Waals surface area contributed by atoms with E-state index in [1.165, 1.54) is 0 Å². The summed E-state index contributed by atoms with van der Waals surface area (Å²) >= 11 is 0. The van der Waals surface area contributed by atoms with Crippen LogP contribution in [0.3, 0.4) is 0 Å². The summed E-state index contributed by atoms with van der Waals surface area (Å²) in [7, 11) is -6.32. The largest absolute Gasteiger partial charge is 0.516 e. The highest BCUT2D eigenvalue weighted by Gasteiger charge is 2.47. The van der Waals surface area contributed by atoms with Crippen molar-refractivity contribution in [1.82, 2.24) is 4.72 Å². The summed E-state index contributed by atoms with van der Waals surface area (Å²) in [6.07, 6.45) is 0. The Kier molecular flexibility index (Phi) is 4.09. The van der Waals surface area contributed by atoms with Gasteiger partial charge in [-0.2, -0.15) is 21.6 Å². The molecule has 0 aliphatic carbocycles. The van der Waals surface area contributed by atoms with E-state index in [1.807, 2.05) is 0 Å². The van der Waals surface area contributed by atoms with Crippen LogP contribution in [0.25, 0.3) is 0 Å². The molecule has 1 aromatic carbocycles. The van der Waals surface area contributed by atoms with Gasteiger partial charge in [0.25, 0.3) is 5.91 Å². The number of benzene rings is 1. The van der Waals surface area contributed by atoms with Crippen LogP contribution in [0.4, 0.5) is 36.4 Å². The lowest BCUT2D eigenvalue weighted by Crippen LogP contribution is -2.41. The van der Waals surface area contributed by atoms with Gasteiger partial charge in [-0.05, 0) is 0 Å². The zero-order chi connectivity index (χ0) is 16.7. The normalized spacial score (nSPS) is 12.3. The Morgan fingerprint density at radius 2 is 1.33 bits per heavy atom. The van der Waals surface area contributed by atoms with E-state index in [0.29, 0.717) is 0 Å². The average molecular weight is 340 g/mol. The number of hydrogen-bond acceptors (Lipinski definition) is 4. The monoisotopic (exact) mass is 340 g/mol. The molecule has 0 fully saturated rings. The van der Waals surface area contributed by atoms with Gasteiger partial charge in [-0.25, -0.2) is 22.3 Å². The van der Waals surface area contributed by atoms with Crippen LogP contribution in [0.1, 0.15) is 10.4 Å². The molecule has 0 radical (unpaired) electrons. The van der Waals surface area contributed by atoms with E-state index in [0.717, 1.165) is 0 Å². The number of alkyl halides is 3. The number of sulfonamides is 1. The zero-order valence-corrected chi connectivity index (χ0v) is 10.2. The minimum atomic E-state index is -6.32. The van der Waals surface area contributed by atoms with Gasteiger partial charge >= 0.3 is 15.5 Å². The molecule has 0 saturated carbocycles. The van der Waals surface area contributed by atoms with E-state index in [4.69, 9.17) is 0 Å². The molecule has 0 unspecified atom stereocenters. The lowest BCUT2D eigenvalue weighted by molar-refractivity contribution is -0.0446. The molecule has 5 nitrogen and oxygen atoms in total. The van der Waals surface area contributed by atoms with Crippen LogP contribution >= 0.6 is 0 Å². The Bertz CT molecular complexity index is 685. The highest BCUT2D eigenvalue weighted by molar-refractivity contribution is 7.90. The molecule has 0 aliphatic rings. The second-order valence-corrected chi connectivity index (χ2v) is 5.10. The molecule has 0 saturated heterocycles. The summed E-state index contributed by atoms with van der Waals surface area (Å²) in [6, 6.07) is 0. The Morgan fingerprint density at radius 3 is 1.67 bits per heavy atom. The molecule has 0 aromatic heterocycles. The van der Waals surface area contributed by atoms with E-state index in [1.54, 1.807) is 0 Å². The molecular formula is C8H3F7N2O3S. The fourth-order valence-electron chi connectivity index (χ4n) is 1.08. The van der Waals surface area contributed by atoms with Crippen molar-refractivity contribution < 1.29 is 43.9 Å². The summed E-state index contributed by atoms with van der Waals surface area (Å²) < 4.78 is 110. The van der Waals surface area contributed by atoms with Crippen LogP contribution in [-0.4, -0.2) is 19.8 Å². The van der Waals surface area contributed by atoms with Crippen LogP contribution in [0.2, 0.25) is 0 Å². The van der Waals surface area contributed by atoms with Gasteiger partial charge in [0.05, 0.1) is 0 Å². The molecule has 13 heteroatoms. The first-order valence-electron chi connectivity index (χ1n) is 4.56. The molecule has 21 heavy (non-hydrogen) atoms. The number of nitrogen functional groups attached to an aromatic ring is 1. The minimum absolute atomic E-state index is 0.222. The van der Waals surface area contributed by atoms with Gasteiger partial charge in [0, 0.05) is 0 Å². The number of carbonyl (C=O) groups is 1. The second-order valence-electron chi connectivity index (χ2n) is 3.42. The molecule has 0 heterocycles. The van der Waals surface area contributed by atoms with E-state index in [-0.39, 0.29) is 4.72 Å². The molecule has 1 aromatic rings. The van der Waals surface area contributed by atoms with Crippen molar-refractivity contribution in [3.05, 3.63) is 28.8 Å². The number of nitrogens with one attached hydrogen (secondary N) is 1. The number of anilines is 1. The van der Waals surface area contributed by atoms with Crippen LogP contribution in [0.5, 0.6) is 0 Å². The standard InChI is InChI=1S/C8H3F7N2O3S/c9-2-1(3(10)5(12)6(16)4(2)11)7(18)17-21(19,20)8(13,14)15/h16H2,(H,17,18). The molecule has 1 amide bonds. The summed E-state index contributed by atoms with van der Waals surface area (Å²) in [5, 5.41) is 0. The van der Waals surface area contributed by atoms with Gasteiger partial charge in [0.1, 0.15) is 11.3 Å². The fourth-order valence-corrected chi connectivity index (χ4v) is 1.54. The van der Waals surface area contributed by atoms with E-state index >= 15 is 0 Å². The number of rotatable bonds is 2. The van der Waals surface area contributed by atoms with Crippen LogP contribution < -0.4 is 10.5 Å². The zero-order valence-electron chi connectivity index (χ0n) is 9.36. The molecule has 0 atom stereocenters. The smallest absolute Gasteiger partial charge is 0.394 e. The summed E-state index contributed by atoms with van der Waals surface area (Å²) in [5.41, 5.74) is -5.26. The van der Waals surface area contributed by atoms with Crippen LogP contribution in [0, 0.1) is 23.3 Å². The topological polar surface area (TPSA) is 89.3 Å². The molecule has 1 rings (SSSR count). The lowest BCUT2D eigenvalue weighted by atomic mass is 10.1.